The Morgan fingerprint density at radius 1 is 1.33 bits per heavy atom. The normalized spacial score (nSPS) is 9.50. The third-order valence-electron chi connectivity index (χ3n) is 1.51. The van der Waals surface area contributed by atoms with E-state index in [0.717, 1.165) is 5.01 Å². The summed E-state index contributed by atoms with van der Waals surface area (Å²) in [6.45, 7) is 1.40. The third kappa shape index (κ3) is 1.73. The predicted molar refractivity (Wildman–Crippen MR) is 48.2 cm³/mol. The van der Waals surface area contributed by atoms with Gasteiger partial charge in [0, 0.05) is 12.6 Å². The van der Waals surface area contributed by atoms with E-state index in [1.165, 1.54) is 6.92 Å². The van der Waals surface area contributed by atoms with Crippen molar-refractivity contribution in [3.8, 4) is 0 Å². The minimum absolute atomic E-state index is 0.209. The molecule has 0 aliphatic carbocycles. The van der Waals surface area contributed by atoms with Gasteiger partial charge in [-0.1, -0.05) is 0 Å². The van der Waals surface area contributed by atoms with E-state index in [-0.39, 0.29) is 5.91 Å². The fourth-order valence-electron chi connectivity index (χ4n) is 0.817. The first-order valence-electron chi connectivity index (χ1n) is 3.52. The first kappa shape index (κ1) is 8.55. The van der Waals surface area contributed by atoms with Crippen LogP contribution in [0, 0.1) is 0 Å². The molecule has 0 atom stereocenters. The van der Waals surface area contributed by atoms with Gasteiger partial charge in [0.15, 0.2) is 0 Å². The van der Waals surface area contributed by atoms with E-state index in [1.807, 2.05) is 0 Å². The van der Waals surface area contributed by atoms with Crippen molar-refractivity contribution in [2.45, 2.75) is 6.92 Å². The van der Waals surface area contributed by atoms with Gasteiger partial charge in [-0.15, -0.1) is 0 Å². The molecule has 1 amide bonds. The molecule has 0 bridgehead atoms. The van der Waals surface area contributed by atoms with Crippen molar-refractivity contribution in [3.63, 3.8) is 0 Å². The Balaban J connectivity index is 2.89. The van der Waals surface area contributed by atoms with E-state index >= 15 is 0 Å². The lowest BCUT2D eigenvalue weighted by Gasteiger charge is -2.13. The Morgan fingerprint density at radius 2 is 1.83 bits per heavy atom. The minimum Gasteiger partial charge on any atom is -0.399 e. The van der Waals surface area contributed by atoms with Gasteiger partial charge in [0.25, 0.3) is 0 Å². The summed E-state index contributed by atoms with van der Waals surface area (Å²) >= 11 is 0. The minimum atomic E-state index is -0.209. The van der Waals surface area contributed by atoms with Crippen molar-refractivity contribution in [2.75, 3.05) is 10.7 Å². The molecule has 0 saturated carbocycles. The van der Waals surface area contributed by atoms with E-state index in [0.29, 0.717) is 11.4 Å². The molecule has 4 heteroatoms. The Kier molecular flexibility index (Phi) is 2.30. The summed E-state index contributed by atoms with van der Waals surface area (Å²) < 4.78 is 0. The summed E-state index contributed by atoms with van der Waals surface area (Å²) in [6, 6.07) is 6.77. The van der Waals surface area contributed by atoms with Gasteiger partial charge in [0.2, 0.25) is 5.91 Å². The zero-order valence-electron chi connectivity index (χ0n) is 6.82. The van der Waals surface area contributed by atoms with Crippen LogP contribution in [0.4, 0.5) is 11.4 Å². The molecule has 12 heavy (non-hydrogen) atoms. The Hall–Kier alpha value is -1.55. The molecule has 1 rings (SSSR count). The summed E-state index contributed by atoms with van der Waals surface area (Å²) in [4.78, 5) is 10.8. The van der Waals surface area contributed by atoms with Crippen LogP contribution in [0.1, 0.15) is 6.92 Å². The number of rotatable bonds is 1. The number of amides is 1. The molecule has 0 heterocycles. The third-order valence-corrected chi connectivity index (χ3v) is 1.51. The molecule has 0 spiro atoms. The number of nitrogens with two attached hydrogens (primary N) is 2. The van der Waals surface area contributed by atoms with Gasteiger partial charge in [-0.25, -0.2) is 10.9 Å². The van der Waals surface area contributed by atoms with E-state index in [4.69, 9.17) is 11.6 Å². The summed E-state index contributed by atoms with van der Waals surface area (Å²) in [6.07, 6.45) is 0. The largest absolute Gasteiger partial charge is 0.399 e. The first-order valence-corrected chi connectivity index (χ1v) is 3.52. The number of hydrogen-bond acceptors (Lipinski definition) is 3. The predicted octanol–water partition coefficient (Wildman–Crippen LogP) is 0.495. The molecule has 1 aromatic carbocycles. The lowest BCUT2D eigenvalue weighted by molar-refractivity contribution is -0.116. The standard InChI is InChI=1S/C8H11N3O/c1-6(12)11(10)8-4-2-7(9)3-5-8/h2-5H,9-10H2,1H3. The van der Waals surface area contributed by atoms with Gasteiger partial charge >= 0.3 is 0 Å². The van der Waals surface area contributed by atoms with E-state index in [1.54, 1.807) is 24.3 Å². The lowest BCUT2D eigenvalue weighted by atomic mass is 10.3. The second-order valence-electron chi connectivity index (χ2n) is 2.48. The highest BCUT2D eigenvalue weighted by Gasteiger charge is 2.04. The summed E-state index contributed by atoms with van der Waals surface area (Å²) in [5.74, 6) is 5.22. The van der Waals surface area contributed by atoms with Crippen molar-refractivity contribution >= 4 is 17.3 Å². The zero-order chi connectivity index (χ0) is 9.14. The Morgan fingerprint density at radius 3 is 2.25 bits per heavy atom. The van der Waals surface area contributed by atoms with Crippen molar-refractivity contribution < 1.29 is 4.79 Å². The van der Waals surface area contributed by atoms with Gasteiger partial charge in [0.05, 0.1) is 5.69 Å². The highest BCUT2D eigenvalue weighted by Crippen LogP contribution is 2.12. The topological polar surface area (TPSA) is 72.3 Å². The molecule has 64 valence electrons. The van der Waals surface area contributed by atoms with Gasteiger partial charge in [0.1, 0.15) is 0 Å². The number of nitrogens with zero attached hydrogens (tertiary/aromatic N) is 1. The van der Waals surface area contributed by atoms with E-state index < -0.39 is 0 Å². The van der Waals surface area contributed by atoms with Crippen LogP contribution in [0.15, 0.2) is 24.3 Å². The smallest absolute Gasteiger partial charge is 0.238 e. The van der Waals surface area contributed by atoms with Crippen LogP contribution in [0.5, 0.6) is 0 Å². The van der Waals surface area contributed by atoms with E-state index in [9.17, 15) is 4.79 Å². The number of anilines is 2. The number of nitrogen functional groups attached to an aromatic ring is 1. The molecule has 4 N–H and O–H groups in total. The van der Waals surface area contributed by atoms with E-state index in [2.05, 4.69) is 0 Å². The molecule has 0 unspecified atom stereocenters. The molecule has 0 radical (unpaired) electrons. The molecule has 0 aromatic heterocycles. The molecule has 0 aliphatic heterocycles. The average molecular weight is 165 g/mol. The summed E-state index contributed by atoms with van der Waals surface area (Å²) in [5, 5.41) is 1.07. The average Bonchev–Trinajstić information content (AvgIpc) is 2.04. The Labute approximate surface area is 70.7 Å². The quantitative estimate of drug-likeness (QED) is 0.275. The second kappa shape index (κ2) is 3.23. The highest BCUT2D eigenvalue weighted by molar-refractivity contribution is 5.90. The summed E-state index contributed by atoms with van der Waals surface area (Å²) in [7, 11) is 0. The van der Waals surface area contributed by atoms with Gasteiger partial charge < -0.3 is 5.73 Å². The fourth-order valence-corrected chi connectivity index (χ4v) is 0.817. The van der Waals surface area contributed by atoms with Crippen LogP contribution in [-0.2, 0) is 4.79 Å². The number of carbonyl (C=O) groups is 1. The van der Waals surface area contributed by atoms with Crippen LogP contribution in [0.25, 0.3) is 0 Å². The van der Waals surface area contributed by atoms with Crippen molar-refractivity contribution in [2.24, 2.45) is 5.84 Å². The first-order chi connectivity index (χ1) is 5.61. The molecule has 0 aliphatic rings. The molecular formula is C8H11N3O. The van der Waals surface area contributed by atoms with Crippen LogP contribution >= 0.6 is 0 Å². The van der Waals surface area contributed by atoms with Crippen LogP contribution in [-0.4, -0.2) is 5.91 Å². The number of benzene rings is 1. The van der Waals surface area contributed by atoms with Crippen molar-refractivity contribution in [3.05, 3.63) is 24.3 Å². The van der Waals surface area contributed by atoms with Gasteiger partial charge in [-0.05, 0) is 24.3 Å². The van der Waals surface area contributed by atoms with Gasteiger partial charge in [-0.3, -0.25) is 4.79 Å². The van der Waals surface area contributed by atoms with Gasteiger partial charge in [-0.2, -0.15) is 0 Å². The summed E-state index contributed by atoms with van der Waals surface area (Å²) in [5.41, 5.74) is 6.74. The molecule has 0 fully saturated rings. The molecule has 1 aromatic rings. The lowest BCUT2D eigenvalue weighted by Crippen LogP contribution is -2.35. The maximum absolute atomic E-state index is 10.8. The highest BCUT2D eigenvalue weighted by atomic mass is 16.2. The maximum atomic E-state index is 10.8. The number of hydrogen-bond donors (Lipinski definition) is 2. The fraction of sp³-hybridized carbons (Fsp3) is 0.125. The SMILES string of the molecule is CC(=O)N(N)c1ccc(N)cc1. The molecule has 4 nitrogen and oxygen atoms in total. The molecule has 0 saturated heterocycles. The second-order valence-corrected chi connectivity index (χ2v) is 2.48. The Bertz CT molecular complexity index is 281. The van der Waals surface area contributed by atoms with Crippen molar-refractivity contribution in [1.29, 1.82) is 0 Å². The monoisotopic (exact) mass is 165 g/mol. The maximum Gasteiger partial charge on any atom is 0.238 e. The number of hydrazine groups is 1. The van der Waals surface area contributed by atoms with Crippen molar-refractivity contribution in [1.82, 2.24) is 0 Å². The van der Waals surface area contributed by atoms with Crippen LogP contribution < -0.4 is 16.6 Å². The zero-order valence-corrected chi connectivity index (χ0v) is 6.82. The van der Waals surface area contributed by atoms with Crippen LogP contribution in [0.2, 0.25) is 0 Å². The number of carbonyl (C=O) groups excluding carboxylic acids is 1. The molecular weight excluding hydrogens is 154 g/mol. The van der Waals surface area contributed by atoms with Crippen LogP contribution in [0.3, 0.4) is 0 Å².